The second-order valence-corrected chi connectivity index (χ2v) is 5.54. The summed E-state index contributed by atoms with van der Waals surface area (Å²) in [5.74, 6) is 0. The minimum atomic E-state index is -2.70. The molecule has 0 aliphatic rings. The fourth-order valence-electron chi connectivity index (χ4n) is 1.47. The van der Waals surface area contributed by atoms with Gasteiger partial charge in [-0.2, -0.15) is 0 Å². The van der Waals surface area contributed by atoms with E-state index in [0.29, 0.717) is 4.90 Å². The molecule has 0 bridgehead atoms. The highest BCUT2D eigenvalue weighted by molar-refractivity contribution is 7.13. The standard InChI is InChI=1S/C14H17NS2/c1-11(15(2)3)10-12(13-6-4-8-16-13)14-7-5-9-17-14/h4-11H,1-3H3/i2D3,3D3. The van der Waals surface area contributed by atoms with E-state index in [1.807, 2.05) is 35.0 Å². The Morgan fingerprint density at radius 1 is 1.24 bits per heavy atom. The first-order valence-corrected chi connectivity index (χ1v) is 6.95. The van der Waals surface area contributed by atoms with Crippen LogP contribution in [0.1, 0.15) is 24.9 Å². The van der Waals surface area contributed by atoms with E-state index in [0.717, 1.165) is 15.3 Å². The molecule has 0 aliphatic heterocycles. The summed E-state index contributed by atoms with van der Waals surface area (Å²) in [6.07, 6.45) is 1.72. The van der Waals surface area contributed by atoms with Crippen LogP contribution in [0.25, 0.3) is 5.57 Å². The summed E-state index contributed by atoms with van der Waals surface area (Å²) in [6.45, 7) is -3.80. The SMILES string of the molecule is [2H]C([2H])([2H])N(C(C)C=C(c1cccs1)c1cccs1)C([2H])([2H])[2H]. The molecule has 0 aromatic carbocycles. The van der Waals surface area contributed by atoms with Crippen molar-refractivity contribution in [2.24, 2.45) is 0 Å². The van der Waals surface area contributed by atoms with E-state index in [-0.39, 0.29) is 0 Å². The lowest BCUT2D eigenvalue weighted by Crippen LogP contribution is -2.22. The molecule has 0 fully saturated rings. The second-order valence-electron chi connectivity index (χ2n) is 3.65. The van der Waals surface area contributed by atoms with E-state index in [9.17, 15) is 0 Å². The van der Waals surface area contributed by atoms with Gasteiger partial charge in [0.15, 0.2) is 0 Å². The number of hydrogen-bond donors (Lipinski definition) is 0. The van der Waals surface area contributed by atoms with Crippen LogP contribution in [0.4, 0.5) is 0 Å². The van der Waals surface area contributed by atoms with Gasteiger partial charge in [-0.05, 0) is 43.8 Å². The molecule has 2 heterocycles. The molecule has 1 nitrogen and oxygen atoms in total. The summed E-state index contributed by atoms with van der Waals surface area (Å²) >= 11 is 3.07. The van der Waals surface area contributed by atoms with E-state index < -0.39 is 20.0 Å². The molecule has 2 aromatic rings. The van der Waals surface area contributed by atoms with Crippen molar-refractivity contribution in [2.45, 2.75) is 13.0 Å². The van der Waals surface area contributed by atoms with E-state index in [1.165, 1.54) is 22.7 Å². The zero-order valence-corrected chi connectivity index (χ0v) is 11.0. The third-order valence-corrected chi connectivity index (χ3v) is 4.19. The molecule has 1 unspecified atom stereocenters. The van der Waals surface area contributed by atoms with Crippen molar-refractivity contribution in [3.8, 4) is 0 Å². The van der Waals surface area contributed by atoms with E-state index in [2.05, 4.69) is 0 Å². The highest BCUT2D eigenvalue weighted by Crippen LogP contribution is 2.30. The highest BCUT2D eigenvalue weighted by Gasteiger charge is 2.10. The molecular weight excluding hydrogens is 246 g/mol. The maximum absolute atomic E-state index is 7.54. The van der Waals surface area contributed by atoms with Gasteiger partial charge in [-0.1, -0.05) is 18.2 Å². The van der Waals surface area contributed by atoms with Crippen LogP contribution in [0.15, 0.2) is 41.1 Å². The Labute approximate surface area is 119 Å². The third kappa shape index (κ3) is 3.06. The Hall–Kier alpha value is -0.900. The van der Waals surface area contributed by atoms with Crippen molar-refractivity contribution in [2.75, 3.05) is 14.0 Å². The number of rotatable bonds is 4. The normalized spacial score (nSPS) is 19.4. The van der Waals surface area contributed by atoms with Crippen molar-refractivity contribution in [1.29, 1.82) is 0 Å². The summed E-state index contributed by atoms with van der Waals surface area (Å²) < 4.78 is 45.3. The quantitative estimate of drug-likeness (QED) is 0.804. The maximum atomic E-state index is 7.54. The molecule has 3 heteroatoms. The van der Waals surface area contributed by atoms with Gasteiger partial charge in [0.1, 0.15) is 0 Å². The van der Waals surface area contributed by atoms with Crippen molar-refractivity contribution in [3.05, 3.63) is 50.9 Å². The third-order valence-electron chi connectivity index (χ3n) is 2.39. The Morgan fingerprint density at radius 2 is 1.82 bits per heavy atom. The molecule has 0 aliphatic carbocycles. The van der Waals surface area contributed by atoms with Crippen LogP contribution in [0, 0.1) is 0 Å². The lowest BCUT2D eigenvalue weighted by molar-refractivity contribution is 0.364. The molecule has 0 spiro atoms. The zero-order chi connectivity index (χ0) is 17.3. The fraction of sp³-hybridized carbons (Fsp3) is 0.286. The summed E-state index contributed by atoms with van der Waals surface area (Å²) in [5.41, 5.74) is 0.862. The minimum Gasteiger partial charge on any atom is -0.303 e. The van der Waals surface area contributed by atoms with Crippen LogP contribution in [-0.2, 0) is 0 Å². The van der Waals surface area contributed by atoms with Gasteiger partial charge < -0.3 is 4.90 Å². The summed E-state index contributed by atoms with van der Waals surface area (Å²) in [7, 11) is 0. The van der Waals surface area contributed by atoms with E-state index >= 15 is 0 Å². The van der Waals surface area contributed by atoms with Gasteiger partial charge in [0, 0.05) is 29.6 Å². The van der Waals surface area contributed by atoms with Gasteiger partial charge in [-0.25, -0.2) is 0 Å². The average molecular weight is 269 g/mol. The molecule has 17 heavy (non-hydrogen) atoms. The van der Waals surface area contributed by atoms with Crippen molar-refractivity contribution in [1.82, 2.24) is 4.90 Å². The second kappa shape index (κ2) is 5.63. The predicted octanol–water partition coefficient (Wildman–Crippen LogP) is 4.19. The van der Waals surface area contributed by atoms with Gasteiger partial charge in [-0.15, -0.1) is 22.7 Å². The van der Waals surface area contributed by atoms with E-state index in [4.69, 9.17) is 8.22 Å². The molecule has 2 rings (SSSR count). The Balaban J connectivity index is 2.46. The van der Waals surface area contributed by atoms with Crippen LogP contribution in [0.5, 0.6) is 0 Å². The van der Waals surface area contributed by atoms with Crippen LogP contribution in [0.2, 0.25) is 0 Å². The number of hydrogen-bond acceptors (Lipinski definition) is 3. The first-order valence-electron chi connectivity index (χ1n) is 8.20. The first-order chi connectivity index (χ1) is 10.6. The molecular formula is C14H17NS2. The molecule has 0 amide bonds. The van der Waals surface area contributed by atoms with Crippen LogP contribution >= 0.6 is 22.7 Å². The first kappa shape index (κ1) is 6.88. The Morgan fingerprint density at radius 3 is 2.24 bits per heavy atom. The molecule has 90 valence electrons. The average Bonchev–Trinajstić information content (AvgIpc) is 3.06. The molecule has 0 saturated carbocycles. The maximum Gasteiger partial charge on any atom is 0.0394 e. The smallest absolute Gasteiger partial charge is 0.0394 e. The van der Waals surface area contributed by atoms with Crippen molar-refractivity contribution in [3.63, 3.8) is 0 Å². The predicted molar refractivity (Wildman–Crippen MR) is 78.9 cm³/mol. The minimum absolute atomic E-state index is 0.598. The van der Waals surface area contributed by atoms with Gasteiger partial charge in [0.05, 0.1) is 0 Å². The molecule has 0 radical (unpaired) electrons. The number of nitrogens with zero attached hydrogens (tertiary/aromatic N) is 1. The lowest BCUT2D eigenvalue weighted by atomic mass is 10.1. The monoisotopic (exact) mass is 269 g/mol. The highest BCUT2D eigenvalue weighted by atomic mass is 32.1. The Bertz CT molecular complexity index is 590. The van der Waals surface area contributed by atoms with Gasteiger partial charge in [0.2, 0.25) is 0 Å². The molecule has 1 atom stereocenters. The molecule has 2 aromatic heterocycles. The van der Waals surface area contributed by atoms with Crippen LogP contribution in [0.3, 0.4) is 0 Å². The summed E-state index contributed by atoms with van der Waals surface area (Å²) in [6, 6.07) is 6.94. The van der Waals surface area contributed by atoms with Crippen LogP contribution < -0.4 is 0 Å². The van der Waals surface area contributed by atoms with E-state index in [1.54, 1.807) is 13.0 Å². The summed E-state index contributed by atoms with van der Waals surface area (Å²) in [5, 5.41) is 3.87. The van der Waals surface area contributed by atoms with Gasteiger partial charge in [-0.3, -0.25) is 0 Å². The Kier molecular flexibility index (Phi) is 2.28. The summed E-state index contributed by atoms with van der Waals surface area (Å²) in [4.78, 5) is 2.56. The van der Waals surface area contributed by atoms with Crippen molar-refractivity contribution < 1.29 is 8.22 Å². The van der Waals surface area contributed by atoms with Crippen molar-refractivity contribution >= 4 is 28.2 Å². The molecule has 0 saturated heterocycles. The number of likely N-dealkylation sites (N-methyl/N-ethyl adjacent to an activating group) is 1. The lowest BCUT2D eigenvalue weighted by Gasteiger charge is -2.17. The fourth-order valence-corrected chi connectivity index (χ4v) is 3.06. The van der Waals surface area contributed by atoms with Gasteiger partial charge in [0.25, 0.3) is 0 Å². The zero-order valence-electron chi connectivity index (χ0n) is 15.4. The largest absolute Gasteiger partial charge is 0.303 e. The molecule has 0 N–H and O–H groups in total. The number of thiophene rings is 2. The topological polar surface area (TPSA) is 3.24 Å². The van der Waals surface area contributed by atoms with Crippen LogP contribution in [-0.4, -0.2) is 24.9 Å². The van der Waals surface area contributed by atoms with Gasteiger partial charge >= 0.3 is 0 Å².